The zero-order valence-corrected chi connectivity index (χ0v) is 15.0. The van der Waals surface area contributed by atoms with E-state index in [0.717, 1.165) is 17.0 Å². The number of nitrogens with zero attached hydrogens (tertiary/aromatic N) is 2. The van der Waals surface area contributed by atoms with Crippen molar-refractivity contribution in [2.24, 2.45) is 0 Å². The van der Waals surface area contributed by atoms with Crippen molar-refractivity contribution in [2.45, 2.75) is 19.3 Å². The molecule has 1 aromatic heterocycles. The molecular weight excluding hydrogens is 354 g/mol. The third-order valence-electron chi connectivity index (χ3n) is 3.74. The molecule has 26 heavy (non-hydrogen) atoms. The van der Waals surface area contributed by atoms with E-state index in [1.165, 1.54) is 0 Å². The van der Waals surface area contributed by atoms with Gasteiger partial charge in [0.25, 0.3) is 0 Å². The van der Waals surface area contributed by atoms with Crippen LogP contribution < -0.4 is 10.1 Å². The van der Waals surface area contributed by atoms with Crippen LogP contribution in [0.4, 0.5) is 5.69 Å². The summed E-state index contributed by atoms with van der Waals surface area (Å²) in [5.41, 5.74) is 1.57. The van der Waals surface area contributed by atoms with Crippen LogP contribution in [0.1, 0.15) is 18.7 Å². The lowest BCUT2D eigenvalue weighted by Gasteiger charge is -2.05. The Hall–Kier alpha value is -2.86. The second-order valence-corrected chi connectivity index (χ2v) is 6.09. The lowest BCUT2D eigenvalue weighted by atomic mass is 10.2. The number of carbonyl (C=O) groups excluding carboxylic acids is 1. The number of rotatable bonds is 7. The minimum atomic E-state index is -0.0624. The highest BCUT2D eigenvalue weighted by Crippen LogP contribution is 2.19. The Bertz CT molecular complexity index is 860. The van der Waals surface area contributed by atoms with Gasteiger partial charge in [0.1, 0.15) is 5.75 Å². The van der Waals surface area contributed by atoms with Crippen LogP contribution in [-0.2, 0) is 11.2 Å². The van der Waals surface area contributed by atoms with Gasteiger partial charge in [-0.25, -0.2) is 0 Å². The highest BCUT2D eigenvalue weighted by molar-refractivity contribution is 6.30. The molecule has 3 rings (SSSR count). The summed E-state index contributed by atoms with van der Waals surface area (Å²) < 4.78 is 10.3. The van der Waals surface area contributed by atoms with Crippen molar-refractivity contribution >= 4 is 23.2 Å². The van der Waals surface area contributed by atoms with Crippen LogP contribution in [0.2, 0.25) is 5.02 Å². The second-order valence-electron chi connectivity index (χ2n) is 5.65. The highest BCUT2D eigenvalue weighted by atomic mass is 35.5. The lowest BCUT2D eigenvalue weighted by molar-refractivity contribution is -0.116. The summed E-state index contributed by atoms with van der Waals surface area (Å²) in [6.45, 7) is 0. The molecule has 1 heterocycles. The number of benzene rings is 2. The van der Waals surface area contributed by atoms with Gasteiger partial charge in [-0.2, -0.15) is 4.98 Å². The summed E-state index contributed by atoms with van der Waals surface area (Å²) in [5.74, 6) is 1.70. The van der Waals surface area contributed by atoms with E-state index in [-0.39, 0.29) is 5.91 Å². The van der Waals surface area contributed by atoms with Crippen molar-refractivity contribution in [3.05, 3.63) is 59.4 Å². The van der Waals surface area contributed by atoms with Crippen LogP contribution in [0.3, 0.4) is 0 Å². The molecule has 7 heteroatoms. The van der Waals surface area contributed by atoms with Crippen molar-refractivity contribution in [3.63, 3.8) is 0 Å². The quantitative estimate of drug-likeness (QED) is 0.667. The predicted molar refractivity (Wildman–Crippen MR) is 99.3 cm³/mol. The van der Waals surface area contributed by atoms with E-state index < -0.39 is 0 Å². The average Bonchev–Trinajstić information content (AvgIpc) is 3.12. The Morgan fingerprint density at radius 1 is 1.15 bits per heavy atom. The molecule has 3 aromatic rings. The van der Waals surface area contributed by atoms with Crippen LogP contribution in [0.15, 0.2) is 53.1 Å². The molecule has 0 spiro atoms. The molecule has 0 saturated heterocycles. The topological polar surface area (TPSA) is 77.2 Å². The fourth-order valence-electron chi connectivity index (χ4n) is 2.37. The SMILES string of the molecule is COc1ccc(NC(=O)CCCc2nc(-c3ccc(Cl)cc3)no2)cc1. The number of hydrogen-bond acceptors (Lipinski definition) is 5. The van der Waals surface area contributed by atoms with Crippen LogP contribution in [0, 0.1) is 0 Å². The van der Waals surface area contributed by atoms with E-state index >= 15 is 0 Å². The van der Waals surface area contributed by atoms with Gasteiger partial charge >= 0.3 is 0 Å². The molecule has 0 aliphatic rings. The van der Waals surface area contributed by atoms with Gasteiger partial charge in [0.2, 0.25) is 17.6 Å². The third-order valence-corrected chi connectivity index (χ3v) is 3.99. The van der Waals surface area contributed by atoms with Gasteiger partial charge < -0.3 is 14.6 Å². The maximum Gasteiger partial charge on any atom is 0.226 e. The van der Waals surface area contributed by atoms with Gasteiger partial charge in [-0.15, -0.1) is 0 Å². The molecular formula is C19H18ClN3O3. The summed E-state index contributed by atoms with van der Waals surface area (Å²) in [5, 5.41) is 7.45. The summed E-state index contributed by atoms with van der Waals surface area (Å²) in [7, 11) is 1.60. The first kappa shape index (κ1) is 17.9. The number of aryl methyl sites for hydroxylation is 1. The number of halogens is 1. The Morgan fingerprint density at radius 2 is 1.88 bits per heavy atom. The second kappa shape index (κ2) is 8.49. The molecule has 0 radical (unpaired) electrons. The molecule has 0 bridgehead atoms. The van der Waals surface area contributed by atoms with Crippen molar-refractivity contribution < 1.29 is 14.1 Å². The maximum absolute atomic E-state index is 12.0. The Balaban J connectivity index is 1.47. The third kappa shape index (κ3) is 4.83. The molecule has 0 unspecified atom stereocenters. The van der Waals surface area contributed by atoms with Crippen LogP contribution in [0.5, 0.6) is 5.75 Å². The van der Waals surface area contributed by atoms with Crippen molar-refractivity contribution in [3.8, 4) is 17.1 Å². The van der Waals surface area contributed by atoms with Gasteiger partial charge in [-0.1, -0.05) is 16.8 Å². The molecule has 2 aromatic carbocycles. The zero-order valence-electron chi connectivity index (χ0n) is 14.2. The molecule has 0 aliphatic carbocycles. The van der Waals surface area contributed by atoms with E-state index in [1.807, 2.05) is 12.1 Å². The summed E-state index contributed by atoms with van der Waals surface area (Å²) in [6.07, 6.45) is 1.52. The number of methoxy groups -OCH3 is 1. The number of hydrogen-bond donors (Lipinski definition) is 1. The number of nitrogens with one attached hydrogen (secondary N) is 1. The van der Waals surface area contributed by atoms with E-state index in [9.17, 15) is 4.79 Å². The zero-order chi connectivity index (χ0) is 18.4. The van der Waals surface area contributed by atoms with Crippen molar-refractivity contribution in [1.82, 2.24) is 10.1 Å². The molecule has 0 fully saturated rings. The summed E-state index contributed by atoms with van der Waals surface area (Å²) in [4.78, 5) is 16.3. The largest absolute Gasteiger partial charge is 0.497 e. The number of anilines is 1. The maximum atomic E-state index is 12.0. The van der Waals surface area contributed by atoms with Crippen LogP contribution in [0.25, 0.3) is 11.4 Å². The summed E-state index contributed by atoms with van der Waals surface area (Å²) in [6, 6.07) is 14.4. The smallest absolute Gasteiger partial charge is 0.226 e. The molecule has 0 saturated carbocycles. The van der Waals surface area contributed by atoms with E-state index in [0.29, 0.717) is 36.0 Å². The van der Waals surface area contributed by atoms with Crippen LogP contribution in [-0.4, -0.2) is 23.2 Å². The molecule has 6 nitrogen and oxygen atoms in total. The first-order chi connectivity index (χ1) is 12.6. The monoisotopic (exact) mass is 371 g/mol. The number of carbonyl (C=O) groups is 1. The predicted octanol–water partition coefficient (Wildman–Crippen LogP) is 4.36. The molecule has 1 N–H and O–H groups in total. The van der Waals surface area contributed by atoms with Gasteiger partial charge in [0.15, 0.2) is 0 Å². The van der Waals surface area contributed by atoms with E-state index in [4.69, 9.17) is 20.9 Å². The van der Waals surface area contributed by atoms with E-state index in [2.05, 4.69) is 15.5 Å². The minimum absolute atomic E-state index is 0.0624. The minimum Gasteiger partial charge on any atom is -0.497 e. The van der Waals surface area contributed by atoms with Gasteiger partial charge in [0.05, 0.1) is 7.11 Å². The summed E-state index contributed by atoms with van der Waals surface area (Å²) >= 11 is 5.87. The standard InChI is InChI=1S/C19H18ClN3O3/c1-25-16-11-9-15(10-12-16)21-17(24)3-2-4-18-22-19(23-26-18)13-5-7-14(20)8-6-13/h5-12H,2-4H2,1H3,(H,21,24). The normalized spacial score (nSPS) is 10.5. The molecule has 0 aliphatic heterocycles. The van der Waals surface area contributed by atoms with Gasteiger partial charge in [-0.3, -0.25) is 4.79 Å². The van der Waals surface area contributed by atoms with Gasteiger partial charge in [-0.05, 0) is 55.0 Å². The Labute approximate surface area is 156 Å². The molecule has 134 valence electrons. The highest BCUT2D eigenvalue weighted by Gasteiger charge is 2.10. The first-order valence-corrected chi connectivity index (χ1v) is 8.54. The Kier molecular flexibility index (Phi) is 5.86. The lowest BCUT2D eigenvalue weighted by Crippen LogP contribution is -2.11. The first-order valence-electron chi connectivity index (χ1n) is 8.16. The van der Waals surface area contributed by atoms with Crippen molar-refractivity contribution in [1.29, 1.82) is 0 Å². The molecule has 0 atom stereocenters. The van der Waals surface area contributed by atoms with E-state index in [1.54, 1.807) is 43.5 Å². The fourth-order valence-corrected chi connectivity index (χ4v) is 2.50. The van der Waals surface area contributed by atoms with Crippen LogP contribution >= 0.6 is 11.6 Å². The average molecular weight is 372 g/mol. The van der Waals surface area contributed by atoms with Crippen molar-refractivity contribution in [2.75, 3.05) is 12.4 Å². The number of amides is 1. The number of ether oxygens (including phenoxy) is 1. The number of aromatic nitrogens is 2. The Morgan fingerprint density at radius 3 is 2.58 bits per heavy atom. The fraction of sp³-hybridized carbons (Fsp3) is 0.211. The molecule has 1 amide bonds. The van der Waals surface area contributed by atoms with Gasteiger partial charge in [0, 0.05) is 29.1 Å².